The lowest BCUT2D eigenvalue weighted by Crippen LogP contribution is -2.19. The van der Waals surface area contributed by atoms with Crippen LogP contribution in [0.2, 0.25) is 0 Å². The number of rotatable bonds is 8. The van der Waals surface area contributed by atoms with Crippen molar-refractivity contribution in [3.05, 3.63) is 29.8 Å². The normalized spacial score (nSPS) is 11.7. The predicted molar refractivity (Wildman–Crippen MR) is 85.1 cm³/mol. The van der Waals surface area contributed by atoms with Gasteiger partial charge >= 0.3 is 0 Å². The van der Waals surface area contributed by atoms with E-state index in [4.69, 9.17) is 0 Å². The monoisotopic (exact) mass is 292 g/mol. The average Bonchev–Trinajstić information content (AvgIpc) is 2.76. The van der Waals surface area contributed by atoms with E-state index in [-0.39, 0.29) is 5.82 Å². The lowest BCUT2D eigenvalue weighted by atomic mass is 10.3. The van der Waals surface area contributed by atoms with Gasteiger partial charge in [0.15, 0.2) is 0 Å². The largest absolute Gasteiger partial charge is 0.328 e. The van der Waals surface area contributed by atoms with E-state index in [1.54, 1.807) is 0 Å². The lowest BCUT2D eigenvalue weighted by molar-refractivity contribution is 0.386. The molecule has 116 valence electrons. The summed E-state index contributed by atoms with van der Waals surface area (Å²) in [7, 11) is 4.15. The highest BCUT2D eigenvalue weighted by molar-refractivity contribution is 5.76. The molecule has 0 saturated carbocycles. The Kier molecular flexibility index (Phi) is 5.70. The van der Waals surface area contributed by atoms with Gasteiger partial charge in [0.05, 0.1) is 11.0 Å². The number of hydrogen-bond acceptors (Lipinski definition) is 3. The fourth-order valence-corrected chi connectivity index (χ4v) is 2.52. The van der Waals surface area contributed by atoms with Crippen LogP contribution in [-0.4, -0.2) is 48.2 Å². The Morgan fingerprint density at radius 3 is 2.86 bits per heavy atom. The smallest absolute Gasteiger partial charge is 0.125 e. The molecule has 2 rings (SSSR count). The van der Waals surface area contributed by atoms with Gasteiger partial charge in [0.1, 0.15) is 11.6 Å². The number of aromatic nitrogens is 2. The van der Waals surface area contributed by atoms with Crippen molar-refractivity contribution in [1.29, 1.82) is 0 Å². The molecule has 0 aliphatic rings. The second kappa shape index (κ2) is 7.52. The molecule has 0 saturated heterocycles. The molecule has 1 N–H and O–H groups in total. The number of benzene rings is 1. The fourth-order valence-electron chi connectivity index (χ4n) is 2.52. The van der Waals surface area contributed by atoms with E-state index >= 15 is 0 Å². The Balaban J connectivity index is 2.21. The van der Waals surface area contributed by atoms with E-state index in [0.717, 1.165) is 55.9 Å². The number of aryl methyl sites for hydroxylation is 1. The summed E-state index contributed by atoms with van der Waals surface area (Å²) in [6.45, 7) is 5.90. The molecule has 1 aromatic carbocycles. The first-order chi connectivity index (χ1) is 10.1. The Morgan fingerprint density at radius 2 is 2.14 bits per heavy atom. The predicted octanol–water partition coefficient (Wildman–Crippen LogP) is 2.28. The summed E-state index contributed by atoms with van der Waals surface area (Å²) in [5.41, 5.74) is 1.79. The fraction of sp³-hybridized carbons (Fsp3) is 0.562. The van der Waals surface area contributed by atoms with Crippen molar-refractivity contribution >= 4 is 11.0 Å². The maximum atomic E-state index is 13.4. The topological polar surface area (TPSA) is 33.1 Å². The van der Waals surface area contributed by atoms with E-state index in [9.17, 15) is 4.39 Å². The third kappa shape index (κ3) is 4.25. The summed E-state index contributed by atoms with van der Waals surface area (Å²) in [4.78, 5) is 6.79. The van der Waals surface area contributed by atoms with Crippen LogP contribution in [0, 0.1) is 5.82 Å². The first-order valence-corrected chi connectivity index (χ1v) is 7.62. The summed E-state index contributed by atoms with van der Waals surface area (Å²) in [5, 5.41) is 3.32. The van der Waals surface area contributed by atoms with Crippen LogP contribution in [0.3, 0.4) is 0 Å². The van der Waals surface area contributed by atoms with Crippen molar-refractivity contribution in [2.75, 3.05) is 33.7 Å². The molecule has 1 aromatic heterocycles. The number of nitrogens with one attached hydrogen (secondary N) is 1. The van der Waals surface area contributed by atoms with E-state index < -0.39 is 0 Å². The molecule has 0 atom stereocenters. The minimum absolute atomic E-state index is 0.223. The Morgan fingerprint density at radius 1 is 1.33 bits per heavy atom. The number of imidazole rings is 1. The number of nitrogens with zero attached hydrogens (tertiary/aromatic N) is 3. The van der Waals surface area contributed by atoms with E-state index in [0.29, 0.717) is 0 Å². The van der Waals surface area contributed by atoms with Crippen molar-refractivity contribution in [3.8, 4) is 0 Å². The third-order valence-corrected chi connectivity index (χ3v) is 3.55. The summed E-state index contributed by atoms with van der Waals surface area (Å²) >= 11 is 0. The lowest BCUT2D eigenvalue weighted by Gasteiger charge is -2.12. The van der Waals surface area contributed by atoms with Gasteiger partial charge in [0.2, 0.25) is 0 Å². The molecule has 4 nitrogen and oxygen atoms in total. The van der Waals surface area contributed by atoms with Crippen LogP contribution in [0.1, 0.15) is 19.2 Å². The zero-order valence-electron chi connectivity index (χ0n) is 13.2. The first-order valence-electron chi connectivity index (χ1n) is 7.62. The van der Waals surface area contributed by atoms with E-state index in [2.05, 4.69) is 40.8 Å². The van der Waals surface area contributed by atoms with Crippen LogP contribution >= 0.6 is 0 Å². The molecule has 0 spiro atoms. The van der Waals surface area contributed by atoms with Crippen molar-refractivity contribution in [2.24, 2.45) is 0 Å². The molecular weight excluding hydrogens is 267 g/mol. The van der Waals surface area contributed by atoms with Crippen molar-refractivity contribution in [1.82, 2.24) is 19.8 Å². The quantitative estimate of drug-likeness (QED) is 0.758. The van der Waals surface area contributed by atoms with Gasteiger partial charge in [0, 0.05) is 25.6 Å². The molecule has 0 fully saturated rings. The minimum Gasteiger partial charge on any atom is -0.328 e. The Labute approximate surface area is 126 Å². The maximum absolute atomic E-state index is 13.4. The van der Waals surface area contributed by atoms with Crippen LogP contribution < -0.4 is 5.32 Å². The highest BCUT2D eigenvalue weighted by Gasteiger charge is 2.11. The minimum atomic E-state index is -0.223. The average molecular weight is 292 g/mol. The van der Waals surface area contributed by atoms with Crippen molar-refractivity contribution in [2.45, 2.75) is 26.3 Å². The molecule has 0 amide bonds. The highest BCUT2D eigenvalue weighted by atomic mass is 19.1. The second-order valence-electron chi connectivity index (χ2n) is 5.57. The van der Waals surface area contributed by atoms with Gasteiger partial charge in [-0.2, -0.15) is 0 Å². The third-order valence-electron chi connectivity index (χ3n) is 3.55. The summed E-state index contributed by atoms with van der Waals surface area (Å²) in [5.74, 6) is 0.814. The first kappa shape index (κ1) is 15.9. The van der Waals surface area contributed by atoms with Crippen LogP contribution in [0.25, 0.3) is 11.0 Å². The number of fused-ring (bicyclic) bond motifs is 1. The summed E-state index contributed by atoms with van der Waals surface area (Å²) in [6, 6.07) is 4.87. The highest BCUT2D eigenvalue weighted by Crippen LogP contribution is 2.18. The molecule has 1 heterocycles. The second-order valence-corrected chi connectivity index (χ2v) is 5.57. The molecule has 2 aromatic rings. The molecule has 0 aliphatic heterocycles. The summed E-state index contributed by atoms with van der Waals surface area (Å²) in [6.07, 6.45) is 1.93. The van der Waals surface area contributed by atoms with E-state index in [1.165, 1.54) is 12.1 Å². The number of hydrogen-bond donors (Lipinski definition) is 1. The van der Waals surface area contributed by atoms with Crippen molar-refractivity contribution < 1.29 is 4.39 Å². The molecule has 0 aliphatic carbocycles. The van der Waals surface area contributed by atoms with Crippen LogP contribution in [-0.2, 0) is 13.0 Å². The molecule has 5 heteroatoms. The number of halogens is 1. The molecular formula is C16H25FN4. The number of likely N-dealkylation sites (N-methyl/N-ethyl adjacent to an activating group) is 1. The van der Waals surface area contributed by atoms with Crippen LogP contribution in [0.4, 0.5) is 4.39 Å². The molecule has 21 heavy (non-hydrogen) atoms. The van der Waals surface area contributed by atoms with Gasteiger partial charge in [-0.1, -0.05) is 6.92 Å². The van der Waals surface area contributed by atoms with Gasteiger partial charge in [-0.25, -0.2) is 9.37 Å². The Bertz CT molecular complexity index is 577. The standard InChI is InChI=1S/C16H25FN4/c1-4-18-9-8-16-19-14-12-13(17)6-7-15(14)21(16)11-5-10-20(2)3/h6-7,12,18H,4-5,8-11H2,1-3H3. The van der Waals surface area contributed by atoms with Gasteiger partial charge in [-0.05, 0) is 45.7 Å². The Hall–Kier alpha value is -1.46. The molecule has 0 unspecified atom stereocenters. The maximum Gasteiger partial charge on any atom is 0.125 e. The van der Waals surface area contributed by atoms with Crippen LogP contribution in [0.5, 0.6) is 0 Å². The zero-order valence-corrected chi connectivity index (χ0v) is 13.2. The zero-order chi connectivity index (χ0) is 15.2. The molecule has 0 radical (unpaired) electrons. The van der Waals surface area contributed by atoms with Gasteiger partial charge in [-0.3, -0.25) is 0 Å². The van der Waals surface area contributed by atoms with Gasteiger partial charge in [0.25, 0.3) is 0 Å². The molecule has 0 bridgehead atoms. The van der Waals surface area contributed by atoms with Crippen LogP contribution in [0.15, 0.2) is 18.2 Å². The van der Waals surface area contributed by atoms with Gasteiger partial charge < -0.3 is 14.8 Å². The van der Waals surface area contributed by atoms with E-state index in [1.807, 2.05) is 6.07 Å². The van der Waals surface area contributed by atoms with Gasteiger partial charge in [-0.15, -0.1) is 0 Å². The van der Waals surface area contributed by atoms with Crippen molar-refractivity contribution in [3.63, 3.8) is 0 Å². The SMILES string of the molecule is CCNCCc1nc2cc(F)ccc2n1CCCN(C)C. The summed E-state index contributed by atoms with van der Waals surface area (Å²) < 4.78 is 15.6.